The molecule has 4 heteroatoms. The van der Waals surface area contributed by atoms with E-state index in [1.165, 1.54) is 6.42 Å². The molecule has 4 nitrogen and oxygen atoms in total. The highest BCUT2D eigenvalue weighted by Gasteiger charge is 2.23. The molecule has 128 valence electrons. The van der Waals surface area contributed by atoms with Crippen LogP contribution in [0, 0.1) is 5.92 Å². The van der Waals surface area contributed by atoms with Crippen molar-refractivity contribution in [2.24, 2.45) is 5.92 Å². The average molecular weight is 319 g/mol. The molecule has 0 aliphatic carbocycles. The fraction of sp³-hybridized carbons (Fsp3) is 0.632. The van der Waals surface area contributed by atoms with Crippen molar-refractivity contribution in [1.29, 1.82) is 0 Å². The van der Waals surface area contributed by atoms with Gasteiger partial charge in [0.25, 0.3) is 5.91 Å². The second-order valence-electron chi connectivity index (χ2n) is 6.30. The van der Waals surface area contributed by atoms with Gasteiger partial charge in [-0.3, -0.25) is 4.79 Å². The van der Waals surface area contributed by atoms with Crippen LogP contribution >= 0.6 is 0 Å². The van der Waals surface area contributed by atoms with Gasteiger partial charge in [-0.1, -0.05) is 20.3 Å². The van der Waals surface area contributed by atoms with Crippen LogP contribution in [0.3, 0.4) is 0 Å². The molecule has 1 saturated heterocycles. The maximum atomic E-state index is 12.7. The topological polar surface area (TPSA) is 38.8 Å². The molecule has 1 amide bonds. The summed E-state index contributed by atoms with van der Waals surface area (Å²) in [5.41, 5.74) is 0.686. The Balaban J connectivity index is 2.12. The summed E-state index contributed by atoms with van der Waals surface area (Å²) < 4.78 is 11.4. The van der Waals surface area contributed by atoms with E-state index in [0.29, 0.717) is 30.4 Å². The van der Waals surface area contributed by atoms with E-state index in [1.807, 2.05) is 30.0 Å². The molecule has 0 bridgehead atoms. The standard InChI is InChI=1S/C19H29NO3/c1-4-6-12-23-17-10-9-16(13-18(17)22-5-2)19(21)20-11-7-8-15(3)14-20/h9-10,13,15H,4-8,11-12,14H2,1-3H3. The summed E-state index contributed by atoms with van der Waals surface area (Å²) in [5.74, 6) is 2.07. The first-order valence-electron chi connectivity index (χ1n) is 8.84. The van der Waals surface area contributed by atoms with Crippen molar-refractivity contribution >= 4 is 5.91 Å². The molecule has 1 heterocycles. The molecule has 1 aliphatic heterocycles. The summed E-state index contributed by atoms with van der Waals surface area (Å²) in [4.78, 5) is 14.7. The van der Waals surface area contributed by atoms with Crippen LogP contribution in [0.5, 0.6) is 11.5 Å². The highest BCUT2D eigenvalue weighted by Crippen LogP contribution is 2.30. The van der Waals surface area contributed by atoms with Gasteiger partial charge in [-0.2, -0.15) is 0 Å². The molecule has 1 aromatic carbocycles. The number of unbranched alkanes of at least 4 members (excludes halogenated alkanes) is 1. The van der Waals surface area contributed by atoms with Crippen molar-refractivity contribution in [2.45, 2.75) is 46.5 Å². The number of hydrogen-bond acceptors (Lipinski definition) is 3. The van der Waals surface area contributed by atoms with E-state index in [0.717, 1.165) is 38.1 Å². The van der Waals surface area contributed by atoms with Crippen molar-refractivity contribution in [3.8, 4) is 11.5 Å². The van der Waals surface area contributed by atoms with Crippen molar-refractivity contribution in [3.05, 3.63) is 23.8 Å². The lowest BCUT2D eigenvalue weighted by atomic mass is 9.99. The van der Waals surface area contributed by atoms with E-state index >= 15 is 0 Å². The molecule has 23 heavy (non-hydrogen) atoms. The third-order valence-corrected chi connectivity index (χ3v) is 4.19. The Morgan fingerprint density at radius 1 is 1.26 bits per heavy atom. The van der Waals surface area contributed by atoms with Crippen molar-refractivity contribution in [1.82, 2.24) is 4.90 Å². The van der Waals surface area contributed by atoms with Crippen LogP contribution in [0.25, 0.3) is 0 Å². The number of benzene rings is 1. The zero-order chi connectivity index (χ0) is 16.7. The second-order valence-corrected chi connectivity index (χ2v) is 6.30. The minimum atomic E-state index is 0.0950. The number of carbonyl (C=O) groups excluding carboxylic acids is 1. The van der Waals surface area contributed by atoms with Crippen LogP contribution in [-0.4, -0.2) is 37.1 Å². The largest absolute Gasteiger partial charge is 0.490 e. The Morgan fingerprint density at radius 2 is 2.09 bits per heavy atom. The Labute approximate surface area is 139 Å². The molecule has 1 unspecified atom stereocenters. The number of ether oxygens (including phenoxy) is 2. The normalized spacial score (nSPS) is 17.9. The third kappa shape index (κ3) is 4.88. The second kappa shape index (κ2) is 8.80. The van der Waals surface area contributed by atoms with Gasteiger partial charge in [0.05, 0.1) is 13.2 Å². The van der Waals surface area contributed by atoms with Gasteiger partial charge in [0.1, 0.15) is 0 Å². The lowest BCUT2D eigenvalue weighted by Crippen LogP contribution is -2.39. The molecule has 1 atom stereocenters. The summed E-state index contributed by atoms with van der Waals surface area (Å²) in [6.07, 6.45) is 4.40. The fourth-order valence-electron chi connectivity index (χ4n) is 2.91. The molecule has 0 aromatic heterocycles. The summed E-state index contributed by atoms with van der Waals surface area (Å²) in [7, 11) is 0. The van der Waals surface area contributed by atoms with E-state index < -0.39 is 0 Å². The van der Waals surface area contributed by atoms with Crippen LogP contribution in [0.15, 0.2) is 18.2 Å². The minimum Gasteiger partial charge on any atom is -0.490 e. The SMILES string of the molecule is CCCCOc1ccc(C(=O)N2CCCC(C)C2)cc1OCC. The van der Waals surface area contributed by atoms with Gasteiger partial charge in [0.15, 0.2) is 11.5 Å². The summed E-state index contributed by atoms with van der Waals surface area (Å²) in [5, 5.41) is 0. The van der Waals surface area contributed by atoms with E-state index in [9.17, 15) is 4.79 Å². The molecular formula is C19H29NO3. The third-order valence-electron chi connectivity index (χ3n) is 4.19. The summed E-state index contributed by atoms with van der Waals surface area (Å²) >= 11 is 0. The summed E-state index contributed by atoms with van der Waals surface area (Å²) in [6.45, 7) is 9.20. The van der Waals surface area contributed by atoms with E-state index in [1.54, 1.807) is 0 Å². The van der Waals surface area contributed by atoms with E-state index in [4.69, 9.17) is 9.47 Å². The van der Waals surface area contributed by atoms with Crippen molar-refractivity contribution < 1.29 is 14.3 Å². The van der Waals surface area contributed by atoms with Crippen LogP contribution in [-0.2, 0) is 0 Å². The molecule has 2 rings (SSSR count). The smallest absolute Gasteiger partial charge is 0.254 e. The van der Waals surface area contributed by atoms with Crippen LogP contribution in [0.2, 0.25) is 0 Å². The van der Waals surface area contributed by atoms with E-state index in [-0.39, 0.29) is 5.91 Å². The maximum absolute atomic E-state index is 12.7. The number of piperidine rings is 1. The number of hydrogen-bond donors (Lipinski definition) is 0. The first-order chi connectivity index (χ1) is 11.2. The van der Waals surface area contributed by atoms with Crippen LogP contribution < -0.4 is 9.47 Å². The van der Waals surface area contributed by atoms with Gasteiger partial charge in [0, 0.05) is 18.7 Å². The van der Waals surface area contributed by atoms with Crippen molar-refractivity contribution in [3.63, 3.8) is 0 Å². The Morgan fingerprint density at radius 3 is 2.78 bits per heavy atom. The van der Waals surface area contributed by atoms with Gasteiger partial charge in [-0.05, 0) is 50.3 Å². The highest BCUT2D eigenvalue weighted by atomic mass is 16.5. The monoisotopic (exact) mass is 319 g/mol. The summed E-state index contributed by atoms with van der Waals surface area (Å²) in [6, 6.07) is 5.54. The molecular weight excluding hydrogens is 290 g/mol. The predicted molar refractivity (Wildman–Crippen MR) is 92.3 cm³/mol. The van der Waals surface area contributed by atoms with Gasteiger partial charge in [-0.15, -0.1) is 0 Å². The first kappa shape index (κ1) is 17.6. The van der Waals surface area contributed by atoms with Gasteiger partial charge in [0.2, 0.25) is 0 Å². The van der Waals surface area contributed by atoms with E-state index in [2.05, 4.69) is 13.8 Å². The Hall–Kier alpha value is -1.71. The number of likely N-dealkylation sites (tertiary alicyclic amines) is 1. The lowest BCUT2D eigenvalue weighted by molar-refractivity contribution is 0.0682. The number of rotatable bonds is 7. The number of nitrogens with zero attached hydrogens (tertiary/aromatic N) is 1. The maximum Gasteiger partial charge on any atom is 0.254 e. The average Bonchev–Trinajstić information content (AvgIpc) is 2.56. The molecule has 0 radical (unpaired) electrons. The molecule has 1 fully saturated rings. The molecule has 0 N–H and O–H groups in total. The zero-order valence-electron chi connectivity index (χ0n) is 14.6. The lowest BCUT2D eigenvalue weighted by Gasteiger charge is -2.31. The Bertz CT molecular complexity index is 515. The molecule has 0 saturated carbocycles. The van der Waals surface area contributed by atoms with Crippen molar-refractivity contribution in [2.75, 3.05) is 26.3 Å². The van der Waals surface area contributed by atoms with Crippen LogP contribution in [0.1, 0.15) is 56.8 Å². The fourth-order valence-corrected chi connectivity index (χ4v) is 2.91. The minimum absolute atomic E-state index is 0.0950. The van der Waals surface area contributed by atoms with Gasteiger partial charge in [-0.25, -0.2) is 0 Å². The first-order valence-corrected chi connectivity index (χ1v) is 8.84. The number of carbonyl (C=O) groups is 1. The zero-order valence-corrected chi connectivity index (χ0v) is 14.6. The highest BCUT2D eigenvalue weighted by molar-refractivity contribution is 5.95. The number of amides is 1. The molecule has 0 spiro atoms. The van der Waals surface area contributed by atoms with Gasteiger partial charge >= 0.3 is 0 Å². The quantitative estimate of drug-likeness (QED) is 0.709. The van der Waals surface area contributed by atoms with Crippen LogP contribution in [0.4, 0.5) is 0 Å². The molecule has 1 aliphatic rings. The molecule has 1 aromatic rings. The van der Waals surface area contributed by atoms with Gasteiger partial charge < -0.3 is 14.4 Å². The Kier molecular flexibility index (Phi) is 6.75. The predicted octanol–water partition coefficient (Wildman–Crippen LogP) is 4.14.